The van der Waals surface area contributed by atoms with Gasteiger partial charge in [-0.2, -0.15) is 0 Å². The van der Waals surface area contributed by atoms with Crippen LogP contribution in [0.1, 0.15) is 53.4 Å². The van der Waals surface area contributed by atoms with Crippen molar-refractivity contribution >= 4 is 0 Å². The van der Waals surface area contributed by atoms with E-state index in [0.29, 0.717) is 12.1 Å². The molecule has 0 radical (unpaired) electrons. The van der Waals surface area contributed by atoms with Crippen LogP contribution < -0.4 is 5.32 Å². The van der Waals surface area contributed by atoms with E-state index in [-0.39, 0.29) is 5.41 Å². The molecule has 0 aliphatic heterocycles. The van der Waals surface area contributed by atoms with E-state index in [2.05, 4.69) is 48.8 Å². The van der Waals surface area contributed by atoms with Crippen LogP contribution in [0.15, 0.2) is 18.7 Å². The zero-order chi connectivity index (χ0) is 13.9. The van der Waals surface area contributed by atoms with Crippen molar-refractivity contribution in [1.82, 2.24) is 14.9 Å². The standard InChI is InChI=1S/C16H29N3/c1-13-6-5-7-14(10-13)18-15(16(2,3)4)11-19-9-8-17-12-19/h8-9,12-15,18H,5-7,10-11H2,1-4H3. The van der Waals surface area contributed by atoms with Gasteiger partial charge in [-0.05, 0) is 24.2 Å². The second-order valence-electron chi connectivity index (χ2n) is 7.31. The Kier molecular flexibility index (Phi) is 4.67. The number of hydrogen-bond donors (Lipinski definition) is 1. The zero-order valence-corrected chi connectivity index (χ0v) is 12.9. The Labute approximate surface area is 117 Å². The van der Waals surface area contributed by atoms with Crippen LogP contribution >= 0.6 is 0 Å². The first kappa shape index (κ1) is 14.6. The van der Waals surface area contributed by atoms with Gasteiger partial charge in [-0.3, -0.25) is 0 Å². The lowest BCUT2D eigenvalue weighted by Gasteiger charge is -2.37. The highest BCUT2D eigenvalue weighted by Crippen LogP contribution is 2.27. The molecule has 1 aromatic rings. The molecule has 0 bridgehead atoms. The predicted molar refractivity (Wildman–Crippen MR) is 80.0 cm³/mol. The summed E-state index contributed by atoms with van der Waals surface area (Å²) in [7, 11) is 0. The molecule has 1 heterocycles. The number of rotatable bonds is 4. The monoisotopic (exact) mass is 263 g/mol. The smallest absolute Gasteiger partial charge is 0.0946 e. The van der Waals surface area contributed by atoms with Gasteiger partial charge in [0.05, 0.1) is 6.33 Å². The third-order valence-electron chi connectivity index (χ3n) is 4.37. The van der Waals surface area contributed by atoms with Crippen molar-refractivity contribution in [2.75, 3.05) is 0 Å². The Morgan fingerprint density at radius 3 is 2.74 bits per heavy atom. The first-order chi connectivity index (χ1) is 8.95. The number of aromatic nitrogens is 2. The topological polar surface area (TPSA) is 29.9 Å². The first-order valence-electron chi connectivity index (χ1n) is 7.67. The zero-order valence-electron chi connectivity index (χ0n) is 12.9. The van der Waals surface area contributed by atoms with Crippen LogP contribution in [0, 0.1) is 11.3 Å². The van der Waals surface area contributed by atoms with Crippen LogP contribution in [0.5, 0.6) is 0 Å². The summed E-state index contributed by atoms with van der Waals surface area (Å²) in [6.45, 7) is 10.4. The molecule has 1 aliphatic rings. The lowest BCUT2D eigenvalue weighted by molar-refractivity contribution is 0.189. The third-order valence-corrected chi connectivity index (χ3v) is 4.37. The van der Waals surface area contributed by atoms with Crippen molar-refractivity contribution in [1.29, 1.82) is 0 Å². The molecule has 19 heavy (non-hydrogen) atoms. The van der Waals surface area contributed by atoms with Gasteiger partial charge in [-0.25, -0.2) is 4.98 Å². The summed E-state index contributed by atoms with van der Waals surface area (Å²) in [5.74, 6) is 0.875. The molecular formula is C16H29N3. The SMILES string of the molecule is CC1CCCC(NC(Cn2ccnc2)C(C)(C)C)C1. The van der Waals surface area contributed by atoms with Crippen molar-refractivity contribution in [3.8, 4) is 0 Å². The quantitative estimate of drug-likeness (QED) is 0.901. The van der Waals surface area contributed by atoms with E-state index in [9.17, 15) is 0 Å². The minimum Gasteiger partial charge on any atom is -0.336 e. The summed E-state index contributed by atoms with van der Waals surface area (Å²) in [6.07, 6.45) is 11.3. The van der Waals surface area contributed by atoms with Gasteiger partial charge in [0, 0.05) is 31.0 Å². The number of nitrogens with zero attached hydrogens (tertiary/aromatic N) is 2. The van der Waals surface area contributed by atoms with Gasteiger partial charge in [-0.15, -0.1) is 0 Å². The van der Waals surface area contributed by atoms with Crippen LogP contribution in [0.2, 0.25) is 0 Å². The summed E-state index contributed by atoms with van der Waals surface area (Å²) in [6, 6.07) is 1.19. The Morgan fingerprint density at radius 1 is 1.37 bits per heavy atom. The van der Waals surface area contributed by atoms with Crippen molar-refractivity contribution in [3.05, 3.63) is 18.7 Å². The molecule has 3 nitrogen and oxygen atoms in total. The van der Waals surface area contributed by atoms with Gasteiger partial charge >= 0.3 is 0 Å². The maximum absolute atomic E-state index is 4.15. The highest BCUT2D eigenvalue weighted by atomic mass is 15.1. The van der Waals surface area contributed by atoms with Gasteiger partial charge in [0.2, 0.25) is 0 Å². The van der Waals surface area contributed by atoms with Crippen molar-refractivity contribution < 1.29 is 0 Å². The maximum atomic E-state index is 4.15. The summed E-state index contributed by atoms with van der Waals surface area (Å²) < 4.78 is 2.19. The average Bonchev–Trinajstić information content (AvgIpc) is 2.80. The second kappa shape index (κ2) is 6.08. The van der Waals surface area contributed by atoms with Crippen LogP contribution in [-0.4, -0.2) is 21.6 Å². The molecule has 1 aliphatic carbocycles. The lowest BCUT2D eigenvalue weighted by atomic mass is 9.82. The van der Waals surface area contributed by atoms with Crippen LogP contribution in [-0.2, 0) is 6.54 Å². The maximum Gasteiger partial charge on any atom is 0.0946 e. The van der Waals surface area contributed by atoms with E-state index in [1.54, 1.807) is 0 Å². The average molecular weight is 263 g/mol. The van der Waals surface area contributed by atoms with E-state index in [1.807, 2.05) is 12.5 Å². The van der Waals surface area contributed by atoms with Gasteiger partial charge < -0.3 is 9.88 Å². The fourth-order valence-corrected chi connectivity index (χ4v) is 3.05. The highest BCUT2D eigenvalue weighted by Gasteiger charge is 2.29. The summed E-state index contributed by atoms with van der Waals surface area (Å²) in [4.78, 5) is 4.15. The third kappa shape index (κ3) is 4.34. The molecule has 1 fully saturated rings. The van der Waals surface area contributed by atoms with Gasteiger partial charge in [0.25, 0.3) is 0 Å². The van der Waals surface area contributed by atoms with E-state index in [1.165, 1.54) is 25.7 Å². The lowest BCUT2D eigenvalue weighted by Crippen LogP contribution is -2.49. The molecule has 3 heteroatoms. The second-order valence-corrected chi connectivity index (χ2v) is 7.31. The van der Waals surface area contributed by atoms with Gasteiger partial charge in [0.1, 0.15) is 0 Å². The molecule has 0 saturated heterocycles. The highest BCUT2D eigenvalue weighted by molar-refractivity contribution is 4.88. The molecule has 0 spiro atoms. The van der Waals surface area contributed by atoms with E-state index >= 15 is 0 Å². The predicted octanol–water partition coefficient (Wildman–Crippen LogP) is 3.47. The van der Waals surface area contributed by atoms with Crippen molar-refractivity contribution in [2.45, 2.75) is 72.0 Å². The summed E-state index contributed by atoms with van der Waals surface area (Å²) in [5, 5.41) is 3.92. The first-order valence-corrected chi connectivity index (χ1v) is 7.67. The molecule has 1 N–H and O–H groups in total. The molecule has 0 aromatic carbocycles. The van der Waals surface area contributed by atoms with Gasteiger partial charge in [0.15, 0.2) is 0 Å². The fourth-order valence-electron chi connectivity index (χ4n) is 3.05. The number of imidazole rings is 1. The molecule has 3 atom stereocenters. The Bertz CT molecular complexity index is 364. The van der Waals surface area contributed by atoms with Crippen molar-refractivity contribution in [2.24, 2.45) is 11.3 Å². The Balaban J connectivity index is 1.97. The molecule has 3 unspecified atom stereocenters. The minimum atomic E-state index is 0.269. The van der Waals surface area contributed by atoms with Gasteiger partial charge in [-0.1, -0.05) is 40.5 Å². The molecule has 1 aromatic heterocycles. The van der Waals surface area contributed by atoms with Crippen molar-refractivity contribution in [3.63, 3.8) is 0 Å². The Hall–Kier alpha value is -0.830. The molecule has 108 valence electrons. The summed E-state index contributed by atoms with van der Waals surface area (Å²) in [5.41, 5.74) is 0.269. The minimum absolute atomic E-state index is 0.269. The summed E-state index contributed by atoms with van der Waals surface area (Å²) >= 11 is 0. The molecule has 2 rings (SSSR count). The normalized spacial score (nSPS) is 26.3. The molecular weight excluding hydrogens is 234 g/mol. The van der Waals surface area contributed by atoms with Crippen LogP contribution in [0.25, 0.3) is 0 Å². The van der Waals surface area contributed by atoms with E-state index < -0.39 is 0 Å². The van der Waals surface area contributed by atoms with E-state index in [4.69, 9.17) is 0 Å². The van der Waals surface area contributed by atoms with Crippen LogP contribution in [0.4, 0.5) is 0 Å². The number of nitrogens with one attached hydrogen (secondary N) is 1. The Morgan fingerprint density at radius 2 is 2.16 bits per heavy atom. The molecule has 0 amide bonds. The molecule has 1 saturated carbocycles. The number of hydrogen-bond acceptors (Lipinski definition) is 2. The van der Waals surface area contributed by atoms with Crippen LogP contribution in [0.3, 0.4) is 0 Å². The largest absolute Gasteiger partial charge is 0.336 e. The van der Waals surface area contributed by atoms with E-state index in [0.717, 1.165) is 12.5 Å². The fraction of sp³-hybridized carbons (Fsp3) is 0.812.